The number of hydrogen-bond donors (Lipinski definition) is 0. The molecule has 0 aliphatic heterocycles. The molecule has 0 aliphatic rings. The van der Waals surface area contributed by atoms with Gasteiger partial charge in [-0.3, -0.25) is 14.5 Å². The van der Waals surface area contributed by atoms with Gasteiger partial charge in [-0.2, -0.15) is 0 Å². The molecule has 0 spiro atoms. The Bertz CT molecular complexity index is 1040. The van der Waals surface area contributed by atoms with E-state index in [1.54, 1.807) is 6.20 Å². The highest BCUT2D eigenvalue weighted by atomic mass is 35.5. The van der Waals surface area contributed by atoms with Crippen molar-refractivity contribution in [2.45, 2.75) is 13.8 Å². The van der Waals surface area contributed by atoms with Crippen molar-refractivity contribution in [1.82, 2.24) is 19.5 Å². The molecule has 3 heterocycles. The summed E-state index contributed by atoms with van der Waals surface area (Å²) in [5, 5.41) is 0.705. The van der Waals surface area contributed by atoms with Crippen LogP contribution >= 0.6 is 11.6 Å². The average molecular weight is 335 g/mol. The lowest BCUT2D eigenvalue weighted by atomic mass is 10.1. The molecule has 1 aromatic carbocycles. The fourth-order valence-corrected chi connectivity index (χ4v) is 3.01. The second-order valence-corrected chi connectivity index (χ2v) is 6.19. The van der Waals surface area contributed by atoms with Crippen LogP contribution in [0.5, 0.6) is 0 Å². The smallest absolute Gasteiger partial charge is 0.147 e. The molecule has 0 unspecified atom stereocenters. The first-order valence-corrected chi connectivity index (χ1v) is 8.03. The molecule has 4 nitrogen and oxygen atoms in total. The molecular formula is C19H15ClN4. The van der Waals surface area contributed by atoms with Crippen LogP contribution in [0.25, 0.3) is 28.1 Å². The number of nitrogens with zero attached hydrogens (tertiary/aromatic N) is 4. The summed E-state index contributed by atoms with van der Waals surface area (Å²) in [5.74, 6) is 0.852. The maximum atomic E-state index is 6.04. The van der Waals surface area contributed by atoms with E-state index in [0.29, 0.717) is 5.02 Å². The molecule has 0 N–H and O–H groups in total. The van der Waals surface area contributed by atoms with Crippen LogP contribution in [0.1, 0.15) is 11.3 Å². The summed E-state index contributed by atoms with van der Waals surface area (Å²) in [4.78, 5) is 13.5. The number of hydrogen-bond acceptors (Lipinski definition) is 3. The number of rotatable bonds is 2. The zero-order chi connectivity index (χ0) is 16.7. The third-order valence-electron chi connectivity index (χ3n) is 4.03. The molecule has 0 saturated heterocycles. The Morgan fingerprint density at radius 1 is 1.00 bits per heavy atom. The quantitative estimate of drug-likeness (QED) is 0.531. The van der Waals surface area contributed by atoms with E-state index >= 15 is 0 Å². The van der Waals surface area contributed by atoms with E-state index < -0.39 is 0 Å². The van der Waals surface area contributed by atoms with Crippen LogP contribution in [-0.4, -0.2) is 19.5 Å². The number of halogens is 1. The van der Waals surface area contributed by atoms with Crippen molar-refractivity contribution in [3.05, 3.63) is 71.3 Å². The summed E-state index contributed by atoms with van der Waals surface area (Å²) in [6.07, 6.45) is 5.47. The van der Waals surface area contributed by atoms with Crippen molar-refractivity contribution in [3.63, 3.8) is 0 Å². The normalized spacial score (nSPS) is 11.1. The number of pyridine rings is 2. The van der Waals surface area contributed by atoms with Gasteiger partial charge in [0, 0.05) is 34.4 Å². The molecule has 0 atom stereocenters. The first kappa shape index (κ1) is 14.8. The first-order valence-electron chi connectivity index (χ1n) is 7.65. The van der Waals surface area contributed by atoms with E-state index in [2.05, 4.69) is 27.5 Å². The monoisotopic (exact) mass is 334 g/mol. The van der Waals surface area contributed by atoms with Crippen molar-refractivity contribution in [2.24, 2.45) is 0 Å². The minimum Gasteiger partial charge on any atom is -0.291 e. The van der Waals surface area contributed by atoms with Gasteiger partial charge in [0.05, 0.1) is 17.2 Å². The van der Waals surface area contributed by atoms with Crippen LogP contribution in [0.3, 0.4) is 0 Å². The van der Waals surface area contributed by atoms with Crippen LogP contribution in [0, 0.1) is 13.8 Å². The third kappa shape index (κ3) is 2.45. The summed E-state index contributed by atoms with van der Waals surface area (Å²) < 4.78 is 2.10. The maximum absolute atomic E-state index is 6.04. The molecule has 4 rings (SSSR count). The number of benzene rings is 1. The van der Waals surface area contributed by atoms with Gasteiger partial charge < -0.3 is 0 Å². The van der Waals surface area contributed by atoms with Gasteiger partial charge in [-0.25, -0.2) is 4.98 Å². The van der Waals surface area contributed by atoms with Crippen molar-refractivity contribution in [3.8, 4) is 17.1 Å². The van der Waals surface area contributed by atoms with Crippen molar-refractivity contribution in [1.29, 1.82) is 0 Å². The van der Waals surface area contributed by atoms with Gasteiger partial charge >= 0.3 is 0 Å². The van der Waals surface area contributed by atoms with Crippen LogP contribution in [0.15, 0.2) is 55.0 Å². The largest absolute Gasteiger partial charge is 0.291 e. The van der Waals surface area contributed by atoms with Gasteiger partial charge in [0.15, 0.2) is 0 Å². The fraction of sp³-hybridized carbons (Fsp3) is 0.105. The Morgan fingerprint density at radius 3 is 2.54 bits per heavy atom. The van der Waals surface area contributed by atoms with Crippen LogP contribution in [0.2, 0.25) is 5.02 Å². The molecule has 118 valence electrons. The van der Waals surface area contributed by atoms with E-state index in [0.717, 1.165) is 39.4 Å². The predicted octanol–water partition coefficient (Wildman–Crippen LogP) is 4.75. The molecule has 3 aromatic heterocycles. The lowest BCUT2D eigenvalue weighted by Crippen LogP contribution is -1.99. The van der Waals surface area contributed by atoms with E-state index in [1.807, 2.05) is 49.6 Å². The fourth-order valence-electron chi connectivity index (χ4n) is 2.89. The molecule has 0 aliphatic carbocycles. The van der Waals surface area contributed by atoms with Crippen molar-refractivity contribution >= 4 is 22.6 Å². The number of aryl methyl sites for hydroxylation is 2. The van der Waals surface area contributed by atoms with Gasteiger partial charge in [0.2, 0.25) is 0 Å². The Hall–Kier alpha value is -2.72. The van der Waals surface area contributed by atoms with Crippen LogP contribution < -0.4 is 0 Å². The summed E-state index contributed by atoms with van der Waals surface area (Å²) in [6, 6.07) is 11.7. The van der Waals surface area contributed by atoms with Crippen LogP contribution in [-0.2, 0) is 0 Å². The van der Waals surface area contributed by atoms with Gasteiger partial charge in [-0.15, -0.1) is 0 Å². The highest BCUT2D eigenvalue weighted by Crippen LogP contribution is 2.30. The number of imidazole rings is 1. The SMILES string of the molecule is Cc1cc(C)c(-c2nc3ccncc3n2-c2ccc(Cl)cc2)cn1. The molecule has 5 heteroatoms. The molecule has 24 heavy (non-hydrogen) atoms. The summed E-state index contributed by atoms with van der Waals surface area (Å²) in [5.41, 5.74) is 5.98. The lowest BCUT2D eigenvalue weighted by Gasteiger charge is -2.11. The molecule has 0 radical (unpaired) electrons. The van der Waals surface area contributed by atoms with Gasteiger partial charge in [0.1, 0.15) is 5.82 Å². The zero-order valence-electron chi connectivity index (χ0n) is 13.4. The van der Waals surface area contributed by atoms with Crippen LogP contribution in [0.4, 0.5) is 0 Å². The number of fused-ring (bicyclic) bond motifs is 1. The minimum atomic E-state index is 0.705. The van der Waals surface area contributed by atoms with Gasteiger partial charge in [-0.1, -0.05) is 11.6 Å². The summed E-state index contributed by atoms with van der Waals surface area (Å²) in [6.45, 7) is 4.07. The molecule has 0 saturated carbocycles. The van der Waals surface area contributed by atoms with Gasteiger partial charge in [0.25, 0.3) is 0 Å². The van der Waals surface area contributed by atoms with E-state index in [1.165, 1.54) is 0 Å². The average Bonchev–Trinajstić information content (AvgIpc) is 2.95. The second-order valence-electron chi connectivity index (χ2n) is 5.75. The Labute approximate surface area is 144 Å². The van der Waals surface area contributed by atoms with E-state index in [-0.39, 0.29) is 0 Å². The van der Waals surface area contributed by atoms with E-state index in [9.17, 15) is 0 Å². The van der Waals surface area contributed by atoms with Gasteiger partial charge in [-0.05, 0) is 55.8 Å². The topological polar surface area (TPSA) is 43.6 Å². The summed E-state index contributed by atoms with van der Waals surface area (Å²) in [7, 11) is 0. The minimum absolute atomic E-state index is 0.705. The van der Waals surface area contributed by atoms with Crippen molar-refractivity contribution < 1.29 is 0 Å². The molecule has 0 bridgehead atoms. The standard InChI is InChI=1S/C19H15ClN4/c1-12-9-13(2)22-10-16(12)19-23-17-7-8-21-11-18(17)24(19)15-5-3-14(20)4-6-15/h3-11H,1-2H3. The maximum Gasteiger partial charge on any atom is 0.147 e. The highest BCUT2D eigenvalue weighted by Gasteiger charge is 2.16. The Morgan fingerprint density at radius 2 is 1.79 bits per heavy atom. The Kier molecular flexibility index (Phi) is 3.54. The third-order valence-corrected chi connectivity index (χ3v) is 4.28. The molecule has 0 amide bonds. The Balaban J connectivity index is 2.05. The lowest BCUT2D eigenvalue weighted by molar-refractivity contribution is 1.08. The molecular weight excluding hydrogens is 320 g/mol. The zero-order valence-corrected chi connectivity index (χ0v) is 14.1. The predicted molar refractivity (Wildman–Crippen MR) is 96.6 cm³/mol. The second kappa shape index (κ2) is 5.73. The van der Waals surface area contributed by atoms with Crippen molar-refractivity contribution in [2.75, 3.05) is 0 Å². The summed E-state index contributed by atoms with van der Waals surface area (Å²) >= 11 is 6.04. The molecule has 0 fully saturated rings. The van der Waals surface area contributed by atoms with E-state index in [4.69, 9.17) is 16.6 Å². The first-order chi connectivity index (χ1) is 11.6. The highest BCUT2D eigenvalue weighted by molar-refractivity contribution is 6.30. The number of aromatic nitrogens is 4. The molecule has 4 aromatic rings.